The molecule has 0 heterocycles. The average molecular weight is 297 g/mol. The number of hydrogen-bond donors (Lipinski definition) is 0. The number of nitrogens with zero attached hydrogens (tertiary/aromatic N) is 1. The first-order valence-electron chi connectivity index (χ1n) is 2.81. The van der Waals surface area contributed by atoms with E-state index in [0.29, 0.717) is 4.47 Å². The van der Waals surface area contributed by atoms with E-state index in [0.717, 1.165) is 6.07 Å². The zero-order chi connectivity index (χ0) is 9.30. The van der Waals surface area contributed by atoms with Crippen LogP contribution in [0.5, 0.6) is 0 Å². The molecule has 0 saturated carbocycles. The molecule has 0 aromatic heterocycles. The zero-order valence-corrected chi connectivity index (χ0v) is 8.71. The van der Waals surface area contributed by atoms with E-state index in [4.69, 9.17) is 5.26 Å². The molecule has 0 aliphatic carbocycles. The molecule has 0 atom stereocenters. The van der Waals surface area contributed by atoms with Crippen molar-refractivity contribution in [2.75, 3.05) is 0 Å². The van der Waals surface area contributed by atoms with Gasteiger partial charge in [0.1, 0.15) is 11.6 Å². The second kappa shape index (κ2) is 3.50. The van der Waals surface area contributed by atoms with Crippen LogP contribution in [0.25, 0.3) is 0 Å². The number of hydrogen-bond acceptors (Lipinski definition) is 1. The van der Waals surface area contributed by atoms with Crippen LogP contribution in [0.2, 0.25) is 0 Å². The van der Waals surface area contributed by atoms with Crippen molar-refractivity contribution >= 4 is 31.9 Å². The van der Waals surface area contributed by atoms with Crippen molar-refractivity contribution in [3.05, 3.63) is 32.2 Å². The largest absolute Gasteiger partial charge is 0.204 e. The van der Waals surface area contributed by atoms with Crippen LogP contribution < -0.4 is 0 Å². The van der Waals surface area contributed by atoms with Crippen LogP contribution in [0, 0.1) is 23.0 Å². The fourth-order valence-corrected chi connectivity index (χ4v) is 1.45. The Hall–Kier alpha value is -0.470. The molecular formula is C7HBr2F2N. The lowest BCUT2D eigenvalue weighted by molar-refractivity contribution is 0.504. The minimum Gasteiger partial charge on any atom is -0.204 e. The maximum absolute atomic E-state index is 12.8. The summed E-state index contributed by atoms with van der Waals surface area (Å²) >= 11 is 5.92. The van der Waals surface area contributed by atoms with Crippen molar-refractivity contribution < 1.29 is 8.78 Å². The Morgan fingerprint density at radius 2 is 1.92 bits per heavy atom. The van der Waals surface area contributed by atoms with Crippen molar-refractivity contribution in [1.82, 2.24) is 0 Å². The molecule has 5 heteroatoms. The third-order valence-electron chi connectivity index (χ3n) is 1.22. The van der Waals surface area contributed by atoms with Crippen molar-refractivity contribution in [3.8, 4) is 6.07 Å². The van der Waals surface area contributed by atoms with Gasteiger partial charge in [-0.05, 0) is 37.9 Å². The molecule has 1 nitrogen and oxygen atoms in total. The number of benzene rings is 1. The van der Waals surface area contributed by atoms with E-state index < -0.39 is 11.6 Å². The van der Waals surface area contributed by atoms with Gasteiger partial charge in [-0.25, -0.2) is 8.78 Å². The highest BCUT2D eigenvalue weighted by Crippen LogP contribution is 2.29. The van der Waals surface area contributed by atoms with Gasteiger partial charge in [-0.3, -0.25) is 0 Å². The standard InChI is InChI=1S/C7HBr2F2N/c8-4-1-5(10)7(11)3(2-12)6(4)9/h1H. The first kappa shape index (κ1) is 9.62. The van der Waals surface area contributed by atoms with Crippen LogP contribution >= 0.6 is 31.9 Å². The highest BCUT2D eigenvalue weighted by molar-refractivity contribution is 9.13. The molecule has 0 spiro atoms. The second-order valence-corrected chi connectivity index (χ2v) is 3.60. The number of rotatable bonds is 0. The van der Waals surface area contributed by atoms with Crippen LogP contribution in [0.1, 0.15) is 5.56 Å². The summed E-state index contributed by atoms with van der Waals surface area (Å²) in [6.07, 6.45) is 0. The van der Waals surface area contributed by atoms with Crippen molar-refractivity contribution in [3.63, 3.8) is 0 Å². The topological polar surface area (TPSA) is 23.8 Å². The van der Waals surface area contributed by atoms with E-state index in [-0.39, 0.29) is 10.0 Å². The third-order valence-corrected chi connectivity index (χ3v) is 3.20. The Morgan fingerprint density at radius 1 is 1.33 bits per heavy atom. The lowest BCUT2D eigenvalue weighted by Crippen LogP contribution is -1.91. The summed E-state index contributed by atoms with van der Waals surface area (Å²) in [7, 11) is 0. The lowest BCUT2D eigenvalue weighted by Gasteiger charge is -2.00. The summed E-state index contributed by atoms with van der Waals surface area (Å²) in [4.78, 5) is 0. The van der Waals surface area contributed by atoms with Gasteiger partial charge >= 0.3 is 0 Å². The summed E-state index contributed by atoms with van der Waals surface area (Å²) < 4.78 is 26.0. The minimum atomic E-state index is -1.13. The molecule has 0 aliphatic heterocycles. The van der Waals surface area contributed by atoms with E-state index in [1.165, 1.54) is 0 Å². The van der Waals surface area contributed by atoms with E-state index in [1.807, 2.05) is 0 Å². The first-order valence-corrected chi connectivity index (χ1v) is 4.39. The maximum Gasteiger partial charge on any atom is 0.177 e. The molecule has 0 saturated heterocycles. The van der Waals surface area contributed by atoms with Crippen molar-refractivity contribution in [1.29, 1.82) is 5.26 Å². The normalized spacial score (nSPS) is 9.58. The van der Waals surface area contributed by atoms with Crippen molar-refractivity contribution in [2.45, 2.75) is 0 Å². The molecule has 1 aromatic carbocycles. The lowest BCUT2D eigenvalue weighted by atomic mass is 10.2. The van der Waals surface area contributed by atoms with Crippen LogP contribution in [0.3, 0.4) is 0 Å². The number of nitriles is 1. The van der Waals surface area contributed by atoms with Gasteiger partial charge in [0.05, 0.1) is 4.47 Å². The molecule has 0 fully saturated rings. The highest BCUT2D eigenvalue weighted by Gasteiger charge is 2.14. The Balaban J connectivity index is 3.56. The van der Waals surface area contributed by atoms with Gasteiger partial charge in [0.25, 0.3) is 0 Å². The third kappa shape index (κ3) is 1.50. The maximum atomic E-state index is 12.8. The van der Waals surface area contributed by atoms with Crippen molar-refractivity contribution in [2.24, 2.45) is 0 Å². The fourth-order valence-electron chi connectivity index (χ4n) is 0.671. The summed E-state index contributed by atoms with van der Waals surface area (Å²) in [5.41, 5.74) is -0.332. The molecule has 1 aromatic rings. The molecule has 12 heavy (non-hydrogen) atoms. The molecule has 0 bridgehead atoms. The quantitative estimate of drug-likeness (QED) is 0.674. The molecule has 0 N–H and O–H groups in total. The van der Waals surface area contributed by atoms with Crippen LogP contribution in [0.15, 0.2) is 15.0 Å². The predicted molar refractivity (Wildman–Crippen MR) is 46.5 cm³/mol. The molecule has 0 radical (unpaired) electrons. The summed E-state index contributed by atoms with van der Waals surface area (Å²) in [5, 5.41) is 8.44. The summed E-state index contributed by atoms with van der Waals surface area (Å²) in [6, 6.07) is 2.51. The van der Waals surface area contributed by atoms with Gasteiger partial charge in [0.2, 0.25) is 0 Å². The molecular weight excluding hydrogens is 296 g/mol. The van der Waals surface area contributed by atoms with E-state index in [9.17, 15) is 8.78 Å². The van der Waals surface area contributed by atoms with Crippen LogP contribution in [0.4, 0.5) is 8.78 Å². The van der Waals surface area contributed by atoms with Gasteiger partial charge in [-0.15, -0.1) is 0 Å². The van der Waals surface area contributed by atoms with Gasteiger partial charge in [-0.2, -0.15) is 5.26 Å². The Bertz CT molecular complexity index is 344. The predicted octanol–water partition coefficient (Wildman–Crippen LogP) is 3.36. The molecule has 0 unspecified atom stereocenters. The van der Waals surface area contributed by atoms with Gasteiger partial charge in [0, 0.05) is 4.47 Å². The monoisotopic (exact) mass is 295 g/mol. The molecule has 62 valence electrons. The zero-order valence-electron chi connectivity index (χ0n) is 5.54. The minimum absolute atomic E-state index is 0.226. The highest BCUT2D eigenvalue weighted by atomic mass is 79.9. The van der Waals surface area contributed by atoms with Gasteiger partial charge in [0.15, 0.2) is 11.6 Å². The fraction of sp³-hybridized carbons (Fsp3) is 0. The Kier molecular flexibility index (Phi) is 2.80. The van der Waals surface area contributed by atoms with E-state index >= 15 is 0 Å². The molecule has 0 amide bonds. The SMILES string of the molecule is N#Cc1c(F)c(F)cc(Br)c1Br. The van der Waals surface area contributed by atoms with Crippen LogP contribution in [-0.4, -0.2) is 0 Å². The van der Waals surface area contributed by atoms with Crippen LogP contribution in [-0.2, 0) is 0 Å². The first-order chi connectivity index (χ1) is 5.57. The summed E-state index contributed by atoms with van der Waals surface area (Å²) in [6.45, 7) is 0. The Labute approximate surface area is 84.3 Å². The number of halogens is 4. The van der Waals surface area contributed by atoms with Gasteiger partial charge < -0.3 is 0 Å². The molecule has 0 aliphatic rings. The second-order valence-electron chi connectivity index (χ2n) is 1.95. The smallest absolute Gasteiger partial charge is 0.177 e. The molecule has 1 rings (SSSR count). The van der Waals surface area contributed by atoms with E-state index in [2.05, 4.69) is 31.9 Å². The van der Waals surface area contributed by atoms with E-state index in [1.54, 1.807) is 6.07 Å². The Morgan fingerprint density at radius 3 is 2.42 bits per heavy atom. The average Bonchev–Trinajstić information content (AvgIpc) is 2.02. The van der Waals surface area contributed by atoms with Gasteiger partial charge in [-0.1, -0.05) is 0 Å². The summed E-state index contributed by atoms with van der Waals surface area (Å²) in [5.74, 6) is -2.17.